The van der Waals surface area contributed by atoms with Gasteiger partial charge in [-0.1, -0.05) is 25.2 Å². The van der Waals surface area contributed by atoms with Crippen molar-refractivity contribution in [2.45, 2.75) is 19.9 Å². The summed E-state index contributed by atoms with van der Waals surface area (Å²) in [5, 5.41) is 12.6. The van der Waals surface area contributed by atoms with E-state index < -0.39 is 0 Å². The Morgan fingerprint density at radius 1 is 1.64 bits per heavy atom. The third-order valence-corrected chi connectivity index (χ3v) is 3.38. The molecule has 1 saturated heterocycles. The summed E-state index contributed by atoms with van der Waals surface area (Å²) >= 11 is 1.62. The number of piperazine rings is 1. The molecule has 0 spiro atoms. The van der Waals surface area contributed by atoms with E-state index in [9.17, 15) is 0 Å². The molecule has 0 aliphatic carbocycles. The highest BCUT2D eigenvalue weighted by molar-refractivity contribution is 7.13. The standard InChI is InChI=1S/C9H16N4S/c1-7(2)8-5-13(4-3-10-8)9-12-11-6-14-9/h6-8,10H,3-5H2,1-2H3. The highest BCUT2D eigenvalue weighted by Gasteiger charge is 2.23. The van der Waals surface area contributed by atoms with Gasteiger partial charge in [-0.2, -0.15) is 0 Å². The Morgan fingerprint density at radius 3 is 3.14 bits per heavy atom. The fraction of sp³-hybridized carbons (Fsp3) is 0.778. The van der Waals surface area contributed by atoms with Crippen molar-refractivity contribution in [3.05, 3.63) is 5.51 Å². The summed E-state index contributed by atoms with van der Waals surface area (Å²) < 4.78 is 0. The molecule has 1 aliphatic heterocycles. The van der Waals surface area contributed by atoms with Crippen molar-refractivity contribution in [3.8, 4) is 0 Å². The zero-order chi connectivity index (χ0) is 9.97. The van der Waals surface area contributed by atoms with E-state index in [0.29, 0.717) is 12.0 Å². The van der Waals surface area contributed by atoms with Crippen LogP contribution in [0, 0.1) is 5.92 Å². The maximum absolute atomic E-state index is 4.10. The van der Waals surface area contributed by atoms with Gasteiger partial charge in [-0.25, -0.2) is 0 Å². The van der Waals surface area contributed by atoms with Gasteiger partial charge in [0, 0.05) is 25.7 Å². The summed E-state index contributed by atoms with van der Waals surface area (Å²) in [6.45, 7) is 7.64. The van der Waals surface area contributed by atoms with E-state index in [2.05, 4.69) is 34.3 Å². The molecule has 0 amide bonds. The van der Waals surface area contributed by atoms with Gasteiger partial charge in [0.25, 0.3) is 0 Å². The van der Waals surface area contributed by atoms with Gasteiger partial charge in [0.2, 0.25) is 5.13 Å². The van der Waals surface area contributed by atoms with E-state index in [4.69, 9.17) is 0 Å². The molecule has 0 bridgehead atoms. The predicted octanol–water partition coefficient (Wildman–Crippen LogP) is 0.972. The molecule has 1 aliphatic rings. The summed E-state index contributed by atoms with van der Waals surface area (Å²) in [7, 11) is 0. The largest absolute Gasteiger partial charge is 0.344 e. The second-order valence-electron chi connectivity index (χ2n) is 3.97. The molecule has 2 heterocycles. The summed E-state index contributed by atoms with van der Waals surface area (Å²) in [6, 6.07) is 0.577. The molecule has 0 aromatic carbocycles. The number of nitrogens with one attached hydrogen (secondary N) is 1. The van der Waals surface area contributed by atoms with Gasteiger partial charge in [-0.05, 0) is 5.92 Å². The van der Waals surface area contributed by atoms with E-state index in [1.165, 1.54) is 0 Å². The van der Waals surface area contributed by atoms with Gasteiger partial charge in [-0.15, -0.1) is 10.2 Å². The van der Waals surface area contributed by atoms with Gasteiger partial charge >= 0.3 is 0 Å². The smallest absolute Gasteiger partial charge is 0.208 e. The van der Waals surface area contributed by atoms with Crippen molar-refractivity contribution in [2.75, 3.05) is 24.5 Å². The fourth-order valence-electron chi connectivity index (χ4n) is 1.70. The second-order valence-corrected chi connectivity index (χ2v) is 4.78. The first-order valence-corrected chi connectivity index (χ1v) is 5.90. The first-order chi connectivity index (χ1) is 6.77. The number of aromatic nitrogens is 2. The molecule has 1 aromatic heterocycles. The van der Waals surface area contributed by atoms with Crippen LogP contribution in [0.25, 0.3) is 0 Å². The van der Waals surface area contributed by atoms with Crippen molar-refractivity contribution in [1.29, 1.82) is 0 Å². The number of hydrogen-bond acceptors (Lipinski definition) is 5. The minimum absolute atomic E-state index is 0.577. The third-order valence-electron chi connectivity index (χ3n) is 2.63. The first kappa shape index (κ1) is 9.86. The Kier molecular flexibility index (Phi) is 2.98. The highest BCUT2D eigenvalue weighted by atomic mass is 32.1. The van der Waals surface area contributed by atoms with Crippen LogP contribution in [0.15, 0.2) is 5.51 Å². The molecule has 0 saturated carbocycles. The van der Waals surface area contributed by atoms with Crippen LogP contribution in [0.4, 0.5) is 5.13 Å². The molecule has 1 unspecified atom stereocenters. The number of rotatable bonds is 2. The quantitative estimate of drug-likeness (QED) is 0.793. The van der Waals surface area contributed by atoms with Crippen LogP contribution in [0.1, 0.15) is 13.8 Å². The monoisotopic (exact) mass is 212 g/mol. The van der Waals surface area contributed by atoms with Crippen LogP contribution in [-0.2, 0) is 0 Å². The molecule has 1 atom stereocenters. The minimum atomic E-state index is 0.577. The third kappa shape index (κ3) is 2.04. The molecule has 78 valence electrons. The maximum Gasteiger partial charge on any atom is 0.208 e. The Bertz CT molecular complexity index is 272. The van der Waals surface area contributed by atoms with Crippen molar-refractivity contribution in [1.82, 2.24) is 15.5 Å². The van der Waals surface area contributed by atoms with E-state index in [1.807, 2.05) is 0 Å². The van der Waals surface area contributed by atoms with E-state index in [-0.39, 0.29) is 0 Å². The minimum Gasteiger partial charge on any atom is -0.344 e. The lowest BCUT2D eigenvalue weighted by atomic mass is 10.0. The van der Waals surface area contributed by atoms with Crippen LogP contribution in [-0.4, -0.2) is 35.9 Å². The summed E-state index contributed by atoms with van der Waals surface area (Å²) in [4.78, 5) is 2.32. The number of hydrogen-bond donors (Lipinski definition) is 1. The summed E-state index contributed by atoms with van der Waals surface area (Å²) in [6.07, 6.45) is 0. The Hall–Kier alpha value is -0.680. The van der Waals surface area contributed by atoms with Crippen LogP contribution in [0.2, 0.25) is 0 Å². The van der Waals surface area contributed by atoms with Crippen LogP contribution < -0.4 is 10.2 Å². The van der Waals surface area contributed by atoms with Gasteiger partial charge in [0.05, 0.1) is 0 Å². The Labute approximate surface area is 88.3 Å². The molecule has 1 aromatic rings. The highest BCUT2D eigenvalue weighted by Crippen LogP contribution is 2.18. The normalized spacial score (nSPS) is 23.1. The molecule has 2 rings (SSSR count). The summed E-state index contributed by atoms with van der Waals surface area (Å²) in [5.74, 6) is 0.672. The molecular weight excluding hydrogens is 196 g/mol. The van der Waals surface area contributed by atoms with Crippen LogP contribution in [0.3, 0.4) is 0 Å². The predicted molar refractivity (Wildman–Crippen MR) is 58.8 cm³/mol. The zero-order valence-electron chi connectivity index (χ0n) is 8.60. The number of nitrogens with zero attached hydrogens (tertiary/aromatic N) is 3. The Morgan fingerprint density at radius 2 is 2.50 bits per heavy atom. The molecular formula is C9H16N4S. The van der Waals surface area contributed by atoms with Gasteiger partial charge < -0.3 is 10.2 Å². The molecule has 5 heteroatoms. The summed E-state index contributed by atoms with van der Waals surface area (Å²) in [5.41, 5.74) is 1.79. The van der Waals surface area contributed by atoms with Crippen molar-refractivity contribution in [3.63, 3.8) is 0 Å². The van der Waals surface area contributed by atoms with Crippen molar-refractivity contribution >= 4 is 16.5 Å². The average molecular weight is 212 g/mol. The first-order valence-electron chi connectivity index (χ1n) is 5.02. The lowest BCUT2D eigenvalue weighted by Crippen LogP contribution is -2.52. The lowest BCUT2D eigenvalue weighted by Gasteiger charge is -2.35. The van der Waals surface area contributed by atoms with Crippen LogP contribution in [0.5, 0.6) is 0 Å². The second kappa shape index (κ2) is 4.23. The molecule has 1 fully saturated rings. The number of anilines is 1. The molecule has 4 nitrogen and oxygen atoms in total. The lowest BCUT2D eigenvalue weighted by molar-refractivity contribution is 0.368. The molecule has 0 radical (unpaired) electrons. The maximum atomic E-state index is 4.10. The van der Waals surface area contributed by atoms with Crippen LogP contribution >= 0.6 is 11.3 Å². The molecule has 1 N–H and O–H groups in total. The van der Waals surface area contributed by atoms with Crippen molar-refractivity contribution in [2.24, 2.45) is 5.92 Å². The SMILES string of the molecule is CC(C)C1CN(c2nncs2)CCN1. The van der Waals surface area contributed by atoms with Gasteiger partial charge in [-0.3, -0.25) is 0 Å². The van der Waals surface area contributed by atoms with Crippen molar-refractivity contribution < 1.29 is 0 Å². The van der Waals surface area contributed by atoms with E-state index in [1.54, 1.807) is 16.8 Å². The molecule has 14 heavy (non-hydrogen) atoms. The fourth-order valence-corrected chi connectivity index (χ4v) is 2.30. The van der Waals surface area contributed by atoms with E-state index >= 15 is 0 Å². The zero-order valence-corrected chi connectivity index (χ0v) is 9.42. The van der Waals surface area contributed by atoms with E-state index in [0.717, 1.165) is 24.8 Å². The Balaban J connectivity index is 2.01. The average Bonchev–Trinajstić information content (AvgIpc) is 2.71. The van der Waals surface area contributed by atoms with Gasteiger partial charge in [0.15, 0.2) is 0 Å². The topological polar surface area (TPSA) is 41.1 Å². The van der Waals surface area contributed by atoms with Gasteiger partial charge in [0.1, 0.15) is 5.51 Å².